The fourth-order valence-electron chi connectivity index (χ4n) is 2.66. The molecule has 4 heteroatoms. The van der Waals surface area contributed by atoms with Crippen LogP contribution in [-0.2, 0) is 9.53 Å². The molecular weight excluding hydrogens is 208 g/mol. The van der Waals surface area contributed by atoms with Gasteiger partial charge in [0.25, 0.3) is 0 Å². The monoisotopic (exact) mass is 230 g/mol. The van der Waals surface area contributed by atoms with Crippen LogP contribution in [0.2, 0.25) is 0 Å². The fourth-order valence-corrected chi connectivity index (χ4v) is 2.66. The Kier molecular flexibility index (Phi) is 3.97. The van der Waals surface area contributed by atoms with E-state index in [1.165, 1.54) is 0 Å². The van der Waals surface area contributed by atoms with E-state index in [1.54, 1.807) is 13.8 Å². The molecule has 16 heavy (non-hydrogen) atoms. The van der Waals surface area contributed by atoms with E-state index < -0.39 is 11.6 Å². The molecule has 0 aliphatic carbocycles. The first kappa shape index (κ1) is 13.5. The number of rotatable bonds is 3. The lowest BCUT2D eigenvalue weighted by atomic mass is 9.72. The van der Waals surface area contributed by atoms with Crippen LogP contribution in [0.15, 0.2) is 0 Å². The molecule has 0 radical (unpaired) electrons. The summed E-state index contributed by atoms with van der Waals surface area (Å²) in [5.74, 6) is -1.65. The van der Waals surface area contributed by atoms with Crippen LogP contribution in [0, 0.1) is 11.8 Å². The highest BCUT2D eigenvalue weighted by molar-refractivity contribution is 5.78. The number of hydrogen-bond donors (Lipinski definition) is 2. The van der Waals surface area contributed by atoms with Crippen molar-refractivity contribution in [1.29, 1.82) is 0 Å². The second-order valence-electron chi connectivity index (χ2n) is 5.21. The van der Waals surface area contributed by atoms with Gasteiger partial charge in [0.15, 0.2) is 5.60 Å². The van der Waals surface area contributed by atoms with Crippen LogP contribution < -0.4 is 0 Å². The Morgan fingerprint density at radius 3 is 2.06 bits per heavy atom. The zero-order chi connectivity index (χ0) is 12.5. The topological polar surface area (TPSA) is 66.8 Å². The van der Waals surface area contributed by atoms with Crippen LogP contribution in [0.3, 0.4) is 0 Å². The lowest BCUT2D eigenvalue weighted by Gasteiger charge is -2.41. The Balaban J connectivity index is 2.91. The molecule has 1 fully saturated rings. The van der Waals surface area contributed by atoms with Crippen molar-refractivity contribution in [3.8, 4) is 0 Å². The van der Waals surface area contributed by atoms with Crippen LogP contribution in [0.25, 0.3) is 0 Å². The Morgan fingerprint density at radius 1 is 1.31 bits per heavy atom. The number of hydrogen-bond acceptors (Lipinski definition) is 3. The standard InChI is InChI=1S/C12H22O4/c1-7(2)12(15,11(13)14)10-5-8(3)16-9(4)6-10/h7-10,15H,5-6H2,1-4H3,(H,13,14). The number of carboxylic acids is 1. The summed E-state index contributed by atoms with van der Waals surface area (Å²) in [7, 11) is 0. The summed E-state index contributed by atoms with van der Waals surface area (Å²) in [6.45, 7) is 7.34. The van der Waals surface area contributed by atoms with Crippen LogP contribution in [0.5, 0.6) is 0 Å². The number of ether oxygens (including phenoxy) is 1. The fraction of sp³-hybridized carbons (Fsp3) is 0.917. The molecule has 1 aliphatic heterocycles. The normalized spacial score (nSPS) is 34.8. The van der Waals surface area contributed by atoms with Crippen molar-refractivity contribution < 1.29 is 19.7 Å². The van der Waals surface area contributed by atoms with Crippen molar-refractivity contribution in [1.82, 2.24) is 0 Å². The molecule has 1 aliphatic rings. The van der Waals surface area contributed by atoms with E-state index in [2.05, 4.69) is 0 Å². The van der Waals surface area contributed by atoms with Gasteiger partial charge in [-0.2, -0.15) is 0 Å². The molecule has 3 unspecified atom stereocenters. The van der Waals surface area contributed by atoms with Crippen LogP contribution >= 0.6 is 0 Å². The SMILES string of the molecule is CC1CC(C(O)(C(=O)O)C(C)C)CC(C)O1. The molecule has 0 aromatic carbocycles. The summed E-state index contributed by atoms with van der Waals surface area (Å²) < 4.78 is 5.57. The second kappa shape index (κ2) is 4.72. The minimum Gasteiger partial charge on any atom is -0.479 e. The lowest BCUT2D eigenvalue weighted by Crippen LogP contribution is -2.53. The average molecular weight is 230 g/mol. The molecule has 0 saturated carbocycles. The first-order valence-electron chi connectivity index (χ1n) is 5.89. The van der Waals surface area contributed by atoms with E-state index >= 15 is 0 Å². The quantitative estimate of drug-likeness (QED) is 0.773. The number of aliphatic hydroxyl groups is 1. The largest absolute Gasteiger partial charge is 0.479 e. The van der Waals surface area contributed by atoms with Crippen LogP contribution in [0.1, 0.15) is 40.5 Å². The van der Waals surface area contributed by atoms with E-state index in [9.17, 15) is 15.0 Å². The Labute approximate surface area is 96.6 Å². The maximum atomic E-state index is 11.3. The van der Waals surface area contributed by atoms with Gasteiger partial charge in [0.1, 0.15) is 0 Å². The van der Waals surface area contributed by atoms with Gasteiger partial charge in [-0.05, 0) is 32.6 Å². The van der Waals surface area contributed by atoms with Gasteiger partial charge in [0, 0.05) is 5.92 Å². The van der Waals surface area contributed by atoms with Gasteiger partial charge < -0.3 is 14.9 Å². The number of carboxylic acid groups (broad SMARTS) is 1. The smallest absolute Gasteiger partial charge is 0.336 e. The van der Waals surface area contributed by atoms with E-state index in [-0.39, 0.29) is 24.0 Å². The first-order chi connectivity index (χ1) is 7.28. The maximum Gasteiger partial charge on any atom is 0.336 e. The molecule has 0 amide bonds. The first-order valence-corrected chi connectivity index (χ1v) is 5.89. The summed E-state index contributed by atoms with van der Waals surface area (Å²) in [5.41, 5.74) is -1.63. The predicted molar refractivity (Wildman–Crippen MR) is 60.2 cm³/mol. The summed E-state index contributed by atoms with van der Waals surface area (Å²) in [6.07, 6.45) is 1.23. The molecule has 2 N–H and O–H groups in total. The summed E-state index contributed by atoms with van der Waals surface area (Å²) in [5, 5.41) is 19.6. The summed E-state index contributed by atoms with van der Waals surface area (Å²) in [6, 6.07) is 0. The molecule has 4 nitrogen and oxygen atoms in total. The number of aliphatic carboxylic acids is 1. The molecule has 1 rings (SSSR count). The maximum absolute atomic E-state index is 11.3. The third kappa shape index (κ3) is 2.38. The van der Waals surface area contributed by atoms with Crippen molar-refractivity contribution in [3.05, 3.63) is 0 Å². The molecular formula is C12H22O4. The van der Waals surface area contributed by atoms with E-state index in [0.29, 0.717) is 12.8 Å². The Morgan fingerprint density at radius 2 is 1.75 bits per heavy atom. The van der Waals surface area contributed by atoms with Gasteiger partial charge in [-0.15, -0.1) is 0 Å². The molecule has 0 bridgehead atoms. The zero-order valence-electron chi connectivity index (χ0n) is 10.4. The number of carbonyl (C=O) groups is 1. The Bertz CT molecular complexity index is 254. The second-order valence-corrected chi connectivity index (χ2v) is 5.21. The predicted octanol–water partition coefficient (Wildman–Crippen LogP) is 1.66. The lowest BCUT2D eigenvalue weighted by molar-refractivity contribution is -0.183. The van der Waals surface area contributed by atoms with Crippen LogP contribution in [-0.4, -0.2) is 34.0 Å². The van der Waals surface area contributed by atoms with E-state index in [4.69, 9.17) is 4.74 Å². The van der Waals surface area contributed by atoms with E-state index in [1.807, 2.05) is 13.8 Å². The molecule has 0 spiro atoms. The van der Waals surface area contributed by atoms with Crippen molar-refractivity contribution in [3.63, 3.8) is 0 Å². The molecule has 3 atom stereocenters. The van der Waals surface area contributed by atoms with Gasteiger partial charge >= 0.3 is 5.97 Å². The van der Waals surface area contributed by atoms with Gasteiger partial charge in [0.05, 0.1) is 12.2 Å². The minimum absolute atomic E-state index is 0.0124. The Hall–Kier alpha value is -0.610. The third-order valence-corrected chi connectivity index (χ3v) is 3.54. The minimum atomic E-state index is -1.63. The molecule has 0 aromatic rings. The molecule has 1 heterocycles. The van der Waals surface area contributed by atoms with Gasteiger partial charge in [-0.25, -0.2) is 4.79 Å². The zero-order valence-corrected chi connectivity index (χ0v) is 10.4. The highest BCUT2D eigenvalue weighted by atomic mass is 16.5. The highest BCUT2D eigenvalue weighted by Crippen LogP contribution is 2.37. The van der Waals surface area contributed by atoms with Gasteiger partial charge in [-0.1, -0.05) is 13.8 Å². The van der Waals surface area contributed by atoms with Gasteiger partial charge in [-0.3, -0.25) is 0 Å². The van der Waals surface area contributed by atoms with Crippen molar-refractivity contribution in [2.75, 3.05) is 0 Å². The summed E-state index contributed by atoms with van der Waals surface area (Å²) in [4.78, 5) is 11.3. The third-order valence-electron chi connectivity index (χ3n) is 3.54. The molecule has 94 valence electrons. The summed E-state index contributed by atoms with van der Waals surface area (Å²) >= 11 is 0. The van der Waals surface area contributed by atoms with Gasteiger partial charge in [0.2, 0.25) is 0 Å². The van der Waals surface area contributed by atoms with E-state index in [0.717, 1.165) is 0 Å². The average Bonchev–Trinajstić information content (AvgIpc) is 2.14. The highest BCUT2D eigenvalue weighted by Gasteiger charge is 2.49. The molecule has 1 saturated heterocycles. The molecule has 0 aromatic heterocycles. The van der Waals surface area contributed by atoms with Crippen LogP contribution in [0.4, 0.5) is 0 Å². The van der Waals surface area contributed by atoms with Crippen molar-refractivity contribution in [2.24, 2.45) is 11.8 Å². The van der Waals surface area contributed by atoms with Crippen molar-refractivity contribution >= 4 is 5.97 Å². The van der Waals surface area contributed by atoms with Crippen molar-refractivity contribution in [2.45, 2.75) is 58.3 Å².